The van der Waals surface area contributed by atoms with Gasteiger partial charge in [0.25, 0.3) is 10.0 Å². The molecule has 20 heavy (non-hydrogen) atoms. The molecule has 0 aliphatic heterocycles. The minimum Gasteiger partial charge on any atom is -0.326 e. The fraction of sp³-hybridized carbons (Fsp3) is 0.643. The summed E-state index contributed by atoms with van der Waals surface area (Å²) in [6, 6.07) is 3.21. The lowest BCUT2D eigenvalue weighted by Crippen LogP contribution is -2.37. The van der Waals surface area contributed by atoms with Crippen LogP contribution in [0.15, 0.2) is 23.4 Å². The van der Waals surface area contributed by atoms with Gasteiger partial charge in [-0.05, 0) is 29.9 Å². The lowest BCUT2D eigenvalue weighted by molar-refractivity contribution is 0.219. The fourth-order valence-corrected chi connectivity index (χ4v) is 3.74. The zero-order chi connectivity index (χ0) is 14.6. The van der Waals surface area contributed by atoms with Crippen LogP contribution in [0.5, 0.6) is 0 Å². The summed E-state index contributed by atoms with van der Waals surface area (Å²) in [5.41, 5.74) is 6.37. The molecule has 112 valence electrons. The maximum Gasteiger partial charge on any atom is 0.258 e. The highest BCUT2D eigenvalue weighted by molar-refractivity contribution is 7.89. The number of aromatic nitrogens is 1. The number of sulfonamides is 1. The maximum absolute atomic E-state index is 12.2. The van der Waals surface area contributed by atoms with Crippen LogP contribution >= 0.6 is 0 Å². The van der Waals surface area contributed by atoms with Gasteiger partial charge >= 0.3 is 0 Å². The minimum atomic E-state index is -3.52. The first kappa shape index (κ1) is 15.4. The normalized spacial score (nSPS) is 18.9. The van der Waals surface area contributed by atoms with E-state index in [-0.39, 0.29) is 10.4 Å². The third-order valence-corrected chi connectivity index (χ3v) is 5.37. The first-order chi connectivity index (χ1) is 9.45. The minimum absolute atomic E-state index is 0.0640. The van der Waals surface area contributed by atoms with Gasteiger partial charge in [-0.2, -0.15) is 0 Å². The average molecular weight is 297 g/mol. The largest absolute Gasteiger partial charge is 0.326 e. The predicted molar refractivity (Wildman–Crippen MR) is 78.5 cm³/mol. The molecule has 0 radical (unpaired) electrons. The van der Waals surface area contributed by atoms with Crippen molar-refractivity contribution in [2.75, 3.05) is 6.54 Å². The van der Waals surface area contributed by atoms with E-state index in [1.807, 2.05) is 0 Å². The zero-order valence-electron chi connectivity index (χ0n) is 11.9. The maximum atomic E-state index is 12.2. The van der Waals surface area contributed by atoms with Gasteiger partial charge in [-0.15, -0.1) is 0 Å². The molecule has 0 atom stereocenters. The molecule has 0 amide bonds. The number of hydrogen-bond acceptors (Lipinski definition) is 4. The van der Waals surface area contributed by atoms with Gasteiger partial charge in [0.05, 0.1) is 0 Å². The van der Waals surface area contributed by atoms with Gasteiger partial charge in [-0.25, -0.2) is 18.1 Å². The van der Waals surface area contributed by atoms with Crippen LogP contribution in [0, 0.1) is 5.41 Å². The third kappa shape index (κ3) is 3.77. The van der Waals surface area contributed by atoms with E-state index in [1.54, 1.807) is 6.07 Å². The molecule has 2 rings (SSSR count). The Balaban J connectivity index is 2.02. The predicted octanol–water partition coefficient (Wildman–Crippen LogP) is 1.79. The summed E-state index contributed by atoms with van der Waals surface area (Å²) in [5.74, 6) is 0. The van der Waals surface area contributed by atoms with Crippen molar-refractivity contribution in [1.29, 1.82) is 0 Å². The average Bonchev–Trinajstić information content (AvgIpc) is 2.46. The number of pyridine rings is 1. The summed E-state index contributed by atoms with van der Waals surface area (Å²) in [6.45, 7) is 2.99. The molecular formula is C14H23N3O2S. The number of nitrogens with two attached hydrogens (primary N) is 1. The standard InChI is InChI=1S/C14H23N3O2S/c1-14(7-3-2-4-8-14)11-17-20(18,19)13-6-5-12(9-15)10-16-13/h5-6,10,17H,2-4,7-9,11,15H2,1H3. The van der Waals surface area contributed by atoms with E-state index in [1.165, 1.54) is 31.5 Å². The van der Waals surface area contributed by atoms with Crippen molar-refractivity contribution in [3.05, 3.63) is 23.9 Å². The second-order valence-electron chi connectivity index (χ2n) is 5.90. The van der Waals surface area contributed by atoms with Crippen LogP contribution < -0.4 is 10.5 Å². The molecule has 0 unspecified atom stereocenters. The molecule has 1 aliphatic carbocycles. The molecule has 5 nitrogen and oxygen atoms in total. The van der Waals surface area contributed by atoms with Crippen LogP contribution in [0.2, 0.25) is 0 Å². The number of nitrogens with one attached hydrogen (secondary N) is 1. The Kier molecular flexibility index (Phi) is 4.78. The molecule has 1 heterocycles. The van der Waals surface area contributed by atoms with Crippen LogP contribution in [0.4, 0.5) is 0 Å². The van der Waals surface area contributed by atoms with E-state index < -0.39 is 10.0 Å². The summed E-state index contributed by atoms with van der Waals surface area (Å²) < 4.78 is 27.1. The molecule has 0 bridgehead atoms. The lowest BCUT2D eigenvalue weighted by Gasteiger charge is -2.33. The Morgan fingerprint density at radius 3 is 2.55 bits per heavy atom. The molecule has 1 fully saturated rings. The molecule has 1 saturated carbocycles. The van der Waals surface area contributed by atoms with Crippen LogP contribution in [0.25, 0.3) is 0 Å². The molecule has 0 saturated heterocycles. The highest BCUT2D eigenvalue weighted by Crippen LogP contribution is 2.35. The molecule has 1 aromatic heterocycles. The van der Waals surface area contributed by atoms with E-state index in [0.29, 0.717) is 13.1 Å². The Bertz CT molecular complexity index is 534. The van der Waals surface area contributed by atoms with Crippen LogP contribution in [-0.2, 0) is 16.6 Å². The number of rotatable bonds is 5. The zero-order valence-corrected chi connectivity index (χ0v) is 12.7. The lowest BCUT2D eigenvalue weighted by atomic mass is 9.76. The van der Waals surface area contributed by atoms with Gasteiger partial charge < -0.3 is 5.73 Å². The van der Waals surface area contributed by atoms with Gasteiger partial charge in [-0.3, -0.25) is 0 Å². The Morgan fingerprint density at radius 2 is 2.00 bits per heavy atom. The molecule has 0 aromatic carbocycles. The van der Waals surface area contributed by atoms with Crippen molar-refractivity contribution >= 4 is 10.0 Å². The summed E-state index contributed by atoms with van der Waals surface area (Å²) >= 11 is 0. The van der Waals surface area contributed by atoms with Gasteiger partial charge in [0, 0.05) is 19.3 Å². The van der Waals surface area contributed by atoms with Crippen molar-refractivity contribution in [2.45, 2.75) is 50.6 Å². The summed E-state index contributed by atoms with van der Waals surface area (Å²) in [4.78, 5) is 3.98. The Morgan fingerprint density at radius 1 is 1.30 bits per heavy atom. The van der Waals surface area contributed by atoms with Crippen LogP contribution in [0.1, 0.15) is 44.6 Å². The van der Waals surface area contributed by atoms with E-state index in [2.05, 4.69) is 16.6 Å². The monoisotopic (exact) mass is 297 g/mol. The van der Waals surface area contributed by atoms with Gasteiger partial charge in [-0.1, -0.05) is 32.3 Å². The van der Waals surface area contributed by atoms with Crippen molar-refractivity contribution in [3.8, 4) is 0 Å². The van der Waals surface area contributed by atoms with Gasteiger partial charge in [0.2, 0.25) is 0 Å². The Hall–Kier alpha value is -0.980. The molecule has 6 heteroatoms. The second-order valence-corrected chi connectivity index (χ2v) is 7.62. The SMILES string of the molecule is CC1(CNS(=O)(=O)c2ccc(CN)cn2)CCCCC1. The molecule has 1 aliphatic rings. The van der Waals surface area contributed by atoms with Gasteiger partial charge in [0.1, 0.15) is 0 Å². The van der Waals surface area contributed by atoms with Crippen molar-refractivity contribution < 1.29 is 8.42 Å². The van der Waals surface area contributed by atoms with Crippen LogP contribution in [-0.4, -0.2) is 19.9 Å². The second kappa shape index (κ2) is 6.20. The third-order valence-electron chi connectivity index (χ3n) is 4.06. The van der Waals surface area contributed by atoms with E-state index in [9.17, 15) is 8.42 Å². The van der Waals surface area contributed by atoms with Crippen molar-refractivity contribution in [1.82, 2.24) is 9.71 Å². The Labute approximate surface area is 121 Å². The highest BCUT2D eigenvalue weighted by atomic mass is 32.2. The fourth-order valence-electron chi connectivity index (χ4n) is 2.62. The summed E-state index contributed by atoms with van der Waals surface area (Å²) in [6.07, 6.45) is 7.29. The van der Waals surface area contributed by atoms with E-state index in [4.69, 9.17) is 5.73 Å². The van der Waals surface area contributed by atoms with Crippen molar-refractivity contribution in [3.63, 3.8) is 0 Å². The number of hydrogen-bond donors (Lipinski definition) is 2. The molecule has 3 N–H and O–H groups in total. The van der Waals surface area contributed by atoms with E-state index >= 15 is 0 Å². The van der Waals surface area contributed by atoms with E-state index in [0.717, 1.165) is 18.4 Å². The topological polar surface area (TPSA) is 85.1 Å². The molecular weight excluding hydrogens is 274 g/mol. The molecule has 0 spiro atoms. The summed E-state index contributed by atoms with van der Waals surface area (Å²) in [7, 11) is -3.52. The number of nitrogens with zero attached hydrogens (tertiary/aromatic N) is 1. The molecule has 1 aromatic rings. The van der Waals surface area contributed by atoms with Crippen molar-refractivity contribution in [2.24, 2.45) is 11.1 Å². The smallest absolute Gasteiger partial charge is 0.258 e. The highest BCUT2D eigenvalue weighted by Gasteiger charge is 2.29. The quantitative estimate of drug-likeness (QED) is 0.867. The first-order valence-electron chi connectivity index (χ1n) is 7.10. The van der Waals surface area contributed by atoms with Crippen LogP contribution in [0.3, 0.4) is 0 Å². The summed E-state index contributed by atoms with van der Waals surface area (Å²) in [5, 5.41) is 0.0640. The first-order valence-corrected chi connectivity index (χ1v) is 8.58. The van der Waals surface area contributed by atoms with Gasteiger partial charge in [0.15, 0.2) is 5.03 Å².